The smallest absolute Gasteiger partial charge is 0.421 e. The summed E-state index contributed by atoms with van der Waals surface area (Å²) in [5.74, 6) is 0.113. The van der Waals surface area contributed by atoms with Gasteiger partial charge in [-0.05, 0) is 50.2 Å². The molecule has 1 saturated heterocycles. The molecule has 2 heterocycles. The van der Waals surface area contributed by atoms with Crippen LogP contribution in [-0.4, -0.2) is 41.1 Å². The molecular weight excluding hydrogens is 359 g/mol. The summed E-state index contributed by atoms with van der Waals surface area (Å²) in [5, 5.41) is 2.83. The highest BCUT2D eigenvalue weighted by Gasteiger charge is 2.34. The molecule has 0 bridgehead atoms. The van der Waals surface area contributed by atoms with Gasteiger partial charge in [-0.25, -0.2) is 4.98 Å². The van der Waals surface area contributed by atoms with Crippen molar-refractivity contribution in [2.24, 2.45) is 0 Å². The van der Waals surface area contributed by atoms with E-state index in [1.54, 1.807) is 24.3 Å². The maximum absolute atomic E-state index is 12.7. The van der Waals surface area contributed by atoms with E-state index in [1.807, 2.05) is 0 Å². The van der Waals surface area contributed by atoms with Crippen LogP contribution in [0, 0.1) is 0 Å². The van der Waals surface area contributed by atoms with Gasteiger partial charge in [0.25, 0.3) is 0 Å². The number of piperidine rings is 1. The van der Waals surface area contributed by atoms with Crippen LogP contribution < -0.4 is 15.8 Å². The molecule has 0 radical (unpaired) electrons. The molecule has 146 valence electrons. The van der Waals surface area contributed by atoms with E-state index in [0.29, 0.717) is 18.5 Å². The molecule has 0 unspecified atom stereocenters. The SMILES string of the molecule is Nc1nc(Nc2ccc(OCCN3CCCCC3)cc2)ncc1C(F)(F)F. The van der Waals surface area contributed by atoms with Crippen LogP contribution in [0.4, 0.5) is 30.6 Å². The van der Waals surface area contributed by atoms with Crippen molar-refractivity contribution in [1.82, 2.24) is 14.9 Å². The van der Waals surface area contributed by atoms with Crippen molar-refractivity contribution in [2.45, 2.75) is 25.4 Å². The molecule has 0 amide bonds. The Hall–Kier alpha value is -2.55. The monoisotopic (exact) mass is 381 g/mol. The number of ether oxygens (including phenoxy) is 1. The zero-order valence-electron chi connectivity index (χ0n) is 14.8. The Labute approximate surface area is 155 Å². The number of rotatable bonds is 6. The predicted octanol–water partition coefficient (Wildman–Crippen LogP) is 3.69. The quantitative estimate of drug-likeness (QED) is 0.795. The lowest BCUT2D eigenvalue weighted by atomic mass is 10.1. The normalized spacial score (nSPS) is 15.5. The van der Waals surface area contributed by atoms with Gasteiger partial charge in [-0.3, -0.25) is 4.90 Å². The van der Waals surface area contributed by atoms with E-state index in [9.17, 15) is 13.2 Å². The van der Waals surface area contributed by atoms with Crippen LogP contribution in [0.5, 0.6) is 5.75 Å². The first-order valence-corrected chi connectivity index (χ1v) is 8.84. The van der Waals surface area contributed by atoms with Crippen LogP contribution in [-0.2, 0) is 6.18 Å². The van der Waals surface area contributed by atoms with Crippen LogP contribution in [0.3, 0.4) is 0 Å². The van der Waals surface area contributed by atoms with Crippen LogP contribution in [0.1, 0.15) is 24.8 Å². The van der Waals surface area contributed by atoms with E-state index in [-0.39, 0.29) is 5.95 Å². The first kappa shape index (κ1) is 19.2. The summed E-state index contributed by atoms with van der Waals surface area (Å²) >= 11 is 0. The topological polar surface area (TPSA) is 76.3 Å². The maximum atomic E-state index is 12.7. The average molecular weight is 381 g/mol. The molecule has 3 rings (SSSR count). The van der Waals surface area contributed by atoms with Crippen molar-refractivity contribution >= 4 is 17.5 Å². The molecule has 1 aromatic heterocycles. The van der Waals surface area contributed by atoms with Gasteiger partial charge in [-0.2, -0.15) is 18.2 Å². The molecule has 0 saturated carbocycles. The molecular formula is C18H22F3N5O. The highest BCUT2D eigenvalue weighted by molar-refractivity contribution is 5.56. The minimum atomic E-state index is -4.57. The minimum Gasteiger partial charge on any atom is -0.492 e. The van der Waals surface area contributed by atoms with Crippen molar-refractivity contribution in [3.05, 3.63) is 36.0 Å². The van der Waals surface area contributed by atoms with Gasteiger partial charge in [0, 0.05) is 18.4 Å². The largest absolute Gasteiger partial charge is 0.492 e. The zero-order chi connectivity index (χ0) is 19.3. The van der Waals surface area contributed by atoms with Crippen molar-refractivity contribution in [3.8, 4) is 5.75 Å². The van der Waals surface area contributed by atoms with E-state index in [2.05, 4.69) is 20.2 Å². The van der Waals surface area contributed by atoms with Crippen molar-refractivity contribution < 1.29 is 17.9 Å². The molecule has 1 aliphatic rings. The molecule has 0 atom stereocenters. The van der Waals surface area contributed by atoms with Crippen LogP contribution in [0.2, 0.25) is 0 Å². The number of nitrogens with two attached hydrogens (primary N) is 1. The standard InChI is InChI=1S/C18H22F3N5O/c19-18(20,21)15-12-23-17(25-16(15)22)24-13-4-6-14(7-5-13)27-11-10-26-8-2-1-3-9-26/h4-7,12H,1-3,8-11H2,(H3,22,23,24,25). The summed E-state index contributed by atoms with van der Waals surface area (Å²) in [6.45, 7) is 3.77. The zero-order valence-corrected chi connectivity index (χ0v) is 14.8. The summed E-state index contributed by atoms with van der Waals surface area (Å²) < 4.78 is 43.8. The molecule has 0 aliphatic carbocycles. The van der Waals surface area contributed by atoms with Crippen LogP contribution in [0.15, 0.2) is 30.5 Å². The third kappa shape index (κ3) is 5.46. The van der Waals surface area contributed by atoms with E-state index >= 15 is 0 Å². The average Bonchev–Trinajstić information content (AvgIpc) is 2.63. The highest BCUT2D eigenvalue weighted by Crippen LogP contribution is 2.32. The van der Waals surface area contributed by atoms with Gasteiger partial charge in [-0.15, -0.1) is 0 Å². The second-order valence-corrected chi connectivity index (χ2v) is 6.39. The van der Waals surface area contributed by atoms with E-state index in [1.165, 1.54) is 19.3 Å². The number of alkyl halides is 3. The Morgan fingerprint density at radius 3 is 2.44 bits per heavy atom. The minimum absolute atomic E-state index is 0.000679. The second kappa shape index (κ2) is 8.43. The van der Waals surface area contributed by atoms with Gasteiger partial charge in [0.15, 0.2) is 0 Å². The van der Waals surface area contributed by atoms with Gasteiger partial charge < -0.3 is 15.8 Å². The summed E-state index contributed by atoms with van der Waals surface area (Å²) in [4.78, 5) is 9.72. The van der Waals surface area contributed by atoms with Crippen molar-refractivity contribution in [2.75, 3.05) is 37.3 Å². The molecule has 2 aromatic rings. The molecule has 1 fully saturated rings. The number of benzene rings is 1. The Morgan fingerprint density at radius 1 is 1.11 bits per heavy atom. The number of halogens is 3. The predicted molar refractivity (Wildman–Crippen MR) is 97.0 cm³/mol. The maximum Gasteiger partial charge on any atom is 0.421 e. The van der Waals surface area contributed by atoms with Gasteiger partial charge in [-0.1, -0.05) is 6.42 Å². The van der Waals surface area contributed by atoms with Crippen LogP contribution in [0.25, 0.3) is 0 Å². The summed E-state index contributed by atoms with van der Waals surface area (Å²) in [7, 11) is 0. The number of likely N-dealkylation sites (tertiary alicyclic amines) is 1. The first-order chi connectivity index (χ1) is 12.9. The lowest BCUT2D eigenvalue weighted by Crippen LogP contribution is -2.33. The number of anilines is 3. The van der Waals surface area contributed by atoms with Gasteiger partial charge >= 0.3 is 6.18 Å². The third-order valence-electron chi connectivity index (χ3n) is 4.36. The Balaban J connectivity index is 1.52. The number of nitrogens with one attached hydrogen (secondary N) is 1. The highest BCUT2D eigenvalue weighted by atomic mass is 19.4. The lowest BCUT2D eigenvalue weighted by Gasteiger charge is -2.26. The molecule has 1 aliphatic heterocycles. The van der Waals surface area contributed by atoms with E-state index in [4.69, 9.17) is 10.5 Å². The summed E-state index contributed by atoms with van der Waals surface area (Å²) in [5.41, 5.74) is 4.94. The fraction of sp³-hybridized carbons (Fsp3) is 0.444. The Bertz CT molecular complexity index is 746. The molecule has 3 N–H and O–H groups in total. The first-order valence-electron chi connectivity index (χ1n) is 8.84. The number of hydrogen-bond acceptors (Lipinski definition) is 6. The molecule has 27 heavy (non-hydrogen) atoms. The molecule has 1 aromatic carbocycles. The second-order valence-electron chi connectivity index (χ2n) is 6.39. The lowest BCUT2D eigenvalue weighted by molar-refractivity contribution is -0.137. The van der Waals surface area contributed by atoms with Crippen molar-refractivity contribution in [1.29, 1.82) is 0 Å². The molecule has 0 spiro atoms. The van der Waals surface area contributed by atoms with Gasteiger partial charge in [0.05, 0.1) is 0 Å². The number of hydrogen-bond donors (Lipinski definition) is 2. The fourth-order valence-corrected chi connectivity index (χ4v) is 2.91. The summed E-state index contributed by atoms with van der Waals surface area (Å²) in [6, 6.07) is 7.05. The Kier molecular flexibility index (Phi) is 6.00. The fourth-order valence-electron chi connectivity index (χ4n) is 2.91. The van der Waals surface area contributed by atoms with Gasteiger partial charge in [0.2, 0.25) is 5.95 Å². The van der Waals surface area contributed by atoms with Gasteiger partial charge in [0.1, 0.15) is 23.7 Å². The molecule has 9 heteroatoms. The number of aromatic nitrogens is 2. The number of nitrogens with zero attached hydrogens (tertiary/aromatic N) is 3. The summed E-state index contributed by atoms with van der Waals surface area (Å²) in [6.07, 6.45) is -0.105. The van der Waals surface area contributed by atoms with E-state index < -0.39 is 17.6 Å². The Morgan fingerprint density at radius 2 is 1.81 bits per heavy atom. The third-order valence-corrected chi connectivity index (χ3v) is 4.36. The molecule has 6 nitrogen and oxygen atoms in total. The van der Waals surface area contributed by atoms with Crippen molar-refractivity contribution in [3.63, 3.8) is 0 Å². The van der Waals surface area contributed by atoms with Crippen LogP contribution >= 0.6 is 0 Å². The number of nitrogen functional groups attached to an aromatic ring is 1. The van der Waals surface area contributed by atoms with E-state index in [0.717, 1.165) is 25.4 Å².